The topological polar surface area (TPSA) is 81.7 Å². The fourth-order valence-electron chi connectivity index (χ4n) is 1.60. The van der Waals surface area contributed by atoms with E-state index in [-0.39, 0.29) is 24.7 Å². The van der Waals surface area contributed by atoms with Crippen LogP contribution in [0.4, 0.5) is 0 Å². The smallest absolute Gasteiger partial charge is 0.331 e. The molecule has 0 aliphatic heterocycles. The molecule has 124 valence electrons. The first kappa shape index (κ1) is 18.4. The molecular weight excluding hydrogens is 298 g/mol. The summed E-state index contributed by atoms with van der Waals surface area (Å²) in [5.41, 5.74) is 0.530. The summed E-state index contributed by atoms with van der Waals surface area (Å²) in [5.74, 6) is -1.53. The third-order valence-electron chi connectivity index (χ3n) is 2.60. The van der Waals surface area contributed by atoms with Gasteiger partial charge in [-0.15, -0.1) is 0 Å². The summed E-state index contributed by atoms with van der Waals surface area (Å²) in [6.07, 6.45) is 1.75. The van der Waals surface area contributed by atoms with Gasteiger partial charge in [0.2, 0.25) is 0 Å². The molecule has 0 spiro atoms. The van der Waals surface area contributed by atoms with Gasteiger partial charge in [0.1, 0.15) is 6.61 Å². The zero-order chi connectivity index (χ0) is 17.2. The van der Waals surface area contributed by atoms with E-state index in [1.807, 2.05) is 6.07 Å². The summed E-state index contributed by atoms with van der Waals surface area (Å²) in [7, 11) is 0. The molecule has 0 fully saturated rings. The van der Waals surface area contributed by atoms with Crippen molar-refractivity contribution in [3.8, 4) is 0 Å². The van der Waals surface area contributed by atoms with E-state index in [9.17, 15) is 14.4 Å². The van der Waals surface area contributed by atoms with Crippen LogP contribution in [0.1, 0.15) is 31.1 Å². The third-order valence-corrected chi connectivity index (χ3v) is 2.60. The molecule has 0 radical (unpaired) electrons. The lowest BCUT2D eigenvalue weighted by atomic mass is 10.2. The van der Waals surface area contributed by atoms with Gasteiger partial charge < -0.3 is 14.8 Å². The Morgan fingerprint density at radius 3 is 2.26 bits per heavy atom. The van der Waals surface area contributed by atoms with Gasteiger partial charge in [0.05, 0.1) is 12.1 Å². The second kappa shape index (κ2) is 9.40. The van der Waals surface area contributed by atoms with E-state index in [0.717, 1.165) is 12.2 Å². The number of rotatable bonds is 7. The van der Waals surface area contributed by atoms with E-state index >= 15 is 0 Å². The molecule has 0 heterocycles. The fraction of sp³-hybridized carbons (Fsp3) is 0.353. The van der Waals surface area contributed by atoms with Crippen LogP contribution in [0, 0.1) is 0 Å². The second-order valence-corrected chi connectivity index (χ2v) is 5.19. The SMILES string of the molecule is CC(C)OC(=O)/C=C/C(=O)OC[C@H](C)NC(=O)c1ccccc1. The number of esters is 2. The average Bonchev–Trinajstić information content (AvgIpc) is 2.51. The van der Waals surface area contributed by atoms with Gasteiger partial charge in [-0.2, -0.15) is 0 Å². The maximum atomic E-state index is 11.9. The van der Waals surface area contributed by atoms with Crippen molar-refractivity contribution in [3.05, 3.63) is 48.0 Å². The summed E-state index contributed by atoms with van der Waals surface area (Å²) in [6, 6.07) is 8.37. The Kier molecular flexibility index (Phi) is 7.53. The maximum absolute atomic E-state index is 11.9. The highest BCUT2D eigenvalue weighted by Gasteiger charge is 2.11. The predicted octanol–water partition coefficient (Wildman–Crippen LogP) is 1.86. The van der Waals surface area contributed by atoms with Gasteiger partial charge in [0, 0.05) is 17.7 Å². The third kappa shape index (κ3) is 7.80. The summed E-state index contributed by atoms with van der Waals surface area (Å²) >= 11 is 0. The van der Waals surface area contributed by atoms with E-state index in [2.05, 4.69) is 5.32 Å². The van der Waals surface area contributed by atoms with Gasteiger partial charge in [-0.05, 0) is 32.9 Å². The van der Waals surface area contributed by atoms with Crippen molar-refractivity contribution in [1.82, 2.24) is 5.32 Å². The molecule has 1 atom stereocenters. The summed E-state index contributed by atoms with van der Waals surface area (Å²) in [6.45, 7) is 5.13. The monoisotopic (exact) mass is 319 g/mol. The van der Waals surface area contributed by atoms with Gasteiger partial charge in [0.15, 0.2) is 0 Å². The first-order chi connectivity index (χ1) is 10.9. The molecule has 6 heteroatoms. The van der Waals surface area contributed by atoms with E-state index in [1.54, 1.807) is 45.0 Å². The molecular formula is C17H21NO5. The molecule has 1 aromatic carbocycles. The van der Waals surface area contributed by atoms with Gasteiger partial charge >= 0.3 is 11.9 Å². The first-order valence-electron chi connectivity index (χ1n) is 7.30. The zero-order valence-electron chi connectivity index (χ0n) is 13.4. The highest BCUT2D eigenvalue weighted by molar-refractivity contribution is 5.94. The summed E-state index contributed by atoms with van der Waals surface area (Å²) in [4.78, 5) is 34.6. The Bertz CT molecular complexity index is 566. The van der Waals surface area contributed by atoms with Crippen LogP contribution in [0.5, 0.6) is 0 Å². The van der Waals surface area contributed by atoms with E-state index in [4.69, 9.17) is 9.47 Å². The minimum Gasteiger partial charge on any atom is -0.460 e. The van der Waals surface area contributed by atoms with Crippen LogP contribution in [0.3, 0.4) is 0 Å². The fourth-order valence-corrected chi connectivity index (χ4v) is 1.60. The lowest BCUT2D eigenvalue weighted by Gasteiger charge is -2.13. The van der Waals surface area contributed by atoms with Crippen molar-refractivity contribution >= 4 is 17.8 Å². The number of benzene rings is 1. The Morgan fingerprint density at radius 1 is 1.04 bits per heavy atom. The zero-order valence-corrected chi connectivity index (χ0v) is 13.4. The standard InChI is InChI=1S/C17H21NO5/c1-12(2)23-16(20)10-9-15(19)22-11-13(3)18-17(21)14-7-5-4-6-8-14/h4-10,12-13H,11H2,1-3H3,(H,18,21)/b10-9+/t13-/m0/s1. The number of amides is 1. The molecule has 0 aromatic heterocycles. The Hall–Kier alpha value is -2.63. The van der Waals surface area contributed by atoms with Crippen molar-refractivity contribution in [2.24, 2.45) is 0 Å². The number of nitrogens with one attached hydrogen (secondary N) is 1. The van der Waals surface area contributed by atoms with Gasteiger partial charge in [0.25, 0.3) is 5.91 Å². The number of ether oxygens (including phenoxy) is 2. The van der Waals surface area contributed by atoms with Gasteiger partial charge in [-0.1, -0.05) is 18.2 Å². The molecule has 1 aromatic rings. The quantitative estimate of drug-likeness (QED) is 0.613. The molecule has 1 amide bonds. The van der Waals surface area contributed by atoms with Crippen LogP contribution >= 0.6 is 0 Å². The number of carbonyl (C=O) groups is 3. The number of hydrogen-bond acceptors (Lipinski definition) is 5. The molecule has 0 aliphatic carbocycles. The second-order valence-electron chi connectivity index (χ2n) is 5.19. The maximum Gasteiger partial charge on any atom is 0.331 e. The van der Waals surface area contributed by atoms with Crippen LogP contribution in [-0.2, 0) is 19.1 Å². The van der Waals surface area contributed by atoms with E-state index in [1.165, 1.54) is 0 Å². The minimum absolute atomic E-state index is 0.000967. The van der Waals surface area contributed by atoms with E-state index < -0.39 is 11.9 Å². The Labute approximate surface area is 135 Å². The molecule has 6 nitrogen and oxygen atoms in total. The summed E-state index contributed by atoms with van der Waals surface area (Å²) in [5, 5.41) is 2.71. The van der Waals surface area contributed by atoms with Crippen molar-refractivity contribution in [2.75, 3.05) is 6.61 Å². The van der Waals surface area contributed by atoms with Crippen LogP contribution < -0.4 is 5.32 Å². The van der Waals surface area contributed by atoms with Crippen molar-refractivity contribution in [1.29, 1.82) is 0 Å². The molecule has 1 rings (SSSR count). The first-order valence-corrected chi connectivity index (χ1v) is 7.30. The van der Waals surface area contributed by atoms with Crippen molar-refractivity contribution in [3.63, 3.8) is 0 Å². The molecule has 1 N–H and O–H groups in total. The highest BCUT2D eigenvalue weighted by Crippen LogP contribution is 1.99. The Morgan fingerprint density at radius 2 is 1.65 bits per heavy atom. The average molecular weight is 319 g/mol. The van der Waals surface area contributed by atoms with E-state index in [0.29, 0.717) is 5.56 Å². The molecule has 0 saturated carbocycles. The molecule has 0 saturated heterocycles. The highest BCUT2D eigenvalue weighted by atomic mass is 16.5. The van der Waals surface area contributed by atoms with Crippen LogP contribution in [-0.4, -0.2) is 36.6 Å². The Balaban J connectivity index is 2.34. The molecule has 23 heavy (non-hydrogen) atoms. The molecule has 0 unspecified atom stereocenters. The van der Waals surface area contributed by atoms with Crippen LogP contribution in [0.25, 0.3) is 0 Å². The lowest BCUT2D eigenvalue weighted by Crippen LogP contribution is -2.36. The predicted molar refractivity (Wildman–Crippen MR) is 84.7 cm³/mol. The minimum atomic E-state index is -0.675. The molecule has 0 bridgehead atoms. The number of hydrogen-bond donors (Lipinski definition) is 1. The largest absolute Gasteiger partial charge is 0.460 e. The normalized spacial score (nSPS) is 12.0. The lowest BCUT2D eigenvalue weighted by molar-refractivity contribution is -0.143. The van der Waals surface area contributed by atoms with Crippen molar-refractivity contribution < 1.29 is 23.9 Å². The summed E-state index contributed by atoms with van der Waals surface area (Å²) < 4.78 is 9.79. The number of carbonyl (C=O) groups excluding carboxylic acids is 3. The van der Waals surface area contributed by atoms with Gasteiger partial charge in [-0.3, -0.25) is 4.79 Å². The van der Waals surface area contributed by atoms with Crippen LogP contribution in [0.15, 0.2) is 42.5 Å². The van der Waals surface area contributed by atoms with Gasteiger partial charge in [-0.25, -0.2) is 9.59 Å². The van der Waals surface area contributed by atoms with Crippen molar-refractivity contribution in [2.45, 2.75) is 32.9 Å². The molecule has 0 aliphatic rings. The van der Waals surface area contributed by atoms with Crippen LogP contribution in [0.2, 0.25) is 0 Å².